The van der Waals surface area contributed by atoms with Crippen molar-refractivity contribution in [1.29, 1.82) is 0 Å². The zero-order chi connectivity index (χ0) is 18.0. The molecule has 2 aromatic carbocycles. The summed E-state index contributed by atoms with van der Waals surface area (Å²) in [5.74, 6) is -0.415. The predicted molar refractivity (Wildman–Crippen MR) is 91.0 cm³/mol. The van der Waals surface area contributed by atoms with E-state index in [2.05, 4.69) is 0 Å². The number of methoxy groups -OCH3 is 2. The summed E-state index contributed by atoms with van der Waals surface area (Å²) in [7, 11) is 3.00. The van der Waals surface area contributed by atoms with Crippen LogP contribution in [0.4, 0.5) is 0 Å². The summed E-state index contributed by atoms with van der Waals surface area (Å²) in [6, 6.07) is 11.5. The number of carboxylic acid groups (broad SMARTS) is 1. The molecule has 6 heteroatoms. The molecule has 1 N–H and O–H groups in total. The third-order valence-corrected chi connectivity index (χ3v) is 4.42. The third kappa shape index (κ3) is 3.15. The zero-order valence-corrected chi connectivity index (χ0v) is 14.1. The van der Waals surface area contributed by atoms with E-state index in [1.165, 1.54) is 19.1 Å². The van der Waals surface area contributed by atoms with Crippen LogP contribution in [0.2, 0.25) is 0 Å². The monoisotopic (exact) mass is 341 g/mol. The van der Waals surface area contributed by atoms with Gasteiger partial charge in [-0.25, -0.2) is 4.79 Å². The minimum absolute atomic E-state index is 0.264. The molecule has 0 aromatic heterocycles. The van der Waals surface area contributed by atoms with Crippen LogP contribution >= 0.6 is 0 Å². The first-order valence-electron chi connectivity index (χ1n) is 7.87. The Morgan fingerprint density at radius 1 is 1.04 bits per heavy atom. The molecule has 130 valence electrons. The Morgan fingerprint density at radius 3 is 2.36 bits per heavy atom. The van der Waals surface area contributed by atoms with Crippen LogP contribution in [-0.2, 0) is 17.8 Å². The number of fused-ring (bicyclic) bond motifs is 1. The normalized spacial score (nSPS) is 16.1. The first-order valence-corrected chi connectivity index (χ1v) is 7.87. The summed E-state index contributed by atoms with van der Waals surface area (Å²) >= 11 is 0. The Balaban J connectivity index is 1.96. The van der Waals surface area contributed by atoms with Crippen molar-refractivity contribution in [2.45, 2.75) is 19.0 Å². The molecule has 2 aromatic rings. The van der Waals surface area contributed by atoms with Gasteiger partial charge < -0.3 is 19.5 Å². The number of hydrogen-bond donors (Lipinski definition) is 1. The van der Waals surface area contributed by atoms with Crippen LogP contribution in [0.3, 0.4) is 0 Å². The lowest BCUT2D eigenvalue weighted by atomic mass is 9.93. The minimum Gasteiger partial charge on any atom is -0.493 e. The molecule has 1 amide bonds. The number of ether oxygens (including phenoxy) is 2. The molecule has 1 aliphatic heterocycles. The number of amides is 1. The molecule has 0 aliphatic carbocycles. The molecular formula is C19H19NO5. The summed E-state index contributed by atoms with van der Waals surface area (Å²) in [4.78, 5) is 26.0. The Bertz CT molecular complexity index is 817. The van der Waals surface area contributed by atoms with Crippen LogP contribution in [0.15, 0.2) is 42.5 Å². The molecule has 0 saturated carbocycles. The van der Waals surface area contributed by atoms with Gasteiger partial charge in [0.15, 0.2) is 11.5 Å². The second-order valence-corrected chi connectivity index (χ2v) is 5.83. The highest BCUT2D eigenvalue weighted by molar-refractivity contribution is 5.97. The number of rotatable bonds is 4. The molecular weight excluding hydrogens is 322 g/mol. The second kappa shape index (κ2) is 6.84. The zero-order valence-electron chi connectivity index (χ0n) is 14.1. The Hall–Kier alpha value is -3.02. The van der Waals surface area contributed by atoms with Gasteiger partial charge in [0.1, 0.15) is 6.04 Å². The van der Waals surface area contributed by atoms with Gasteiger partial charge in [0.05, 0.1) is 14.2 Å². The molecule has 0 saturated heterocycles. The smallest absolute Gasteiger partial charge is 0.326 e. The first kappa shape index (κ1) is 16.8. The van der Waals surface area contributed by atoms with E-state index in [4.69, 9.17) is 9.47 Å². The van der Waals surface area contributed by atoms with Crippen molar-refractivity contribution >= 4 is 11.9 Å². The maximum Gasteiger partial charge on any atom is 0.326 e. The summed E-state index contributed by atoms with van der Waals surface area (Å²) in [6.07, 6.45) is 0.296. The first-order chi connectivity index (χ1) is 12.0. The van der Waals surface area contributed by atoms with Crippen molar-refractivity contribution in [3.8, 4) is 11.5 Å². The maximum atomic E-state index is 13.0. The molecule has 1 atom stereocenters. The van der Waals surface area contributed by atoms with Gasteiger partial charge >= 0.3 is 5.97 Å². The number of benzene rings is 2. The number of hydrogen-bond acceptors (Lipinski definition) is 4. The lowest BCUT2D eigenvalue weighted by Crippen LogP contribution is -2.48. The summed E-state index contributed by atoms with van der Waals surface area (Å²) in [6.45, 7) is 0.264. The second-order valence-electron chi connectivity index (χ2n) is 5.83. The lowest BCUT2D eigenvalue weighted by Gasteiger charge is -2.34. The van der Waals surface area contributed by atoms with Crippen LogP contribution in [0.5, 0.6) is 11.5 Å². The fourth-order valence-electron chi connectivity index (χ4n) is 3.09. The SMILES string of the molecule is COc1ccc(C(=O)N2Cc3ccccc3CC2C(=O)O)cc1OC. The summed E-state index contributed by atoms with van der Waals surface area (Å²) < 4.78 is 10.4. The van der Waals surface area contributed by atoms with Crippen LogP contribution in [-0.4, -0.2) is 42.1 Å². The Morgan fingerprint density at radius 2 is 1.72 bits per heavy atom. The third-order valence-electron chi connectivity index (χ3n) is 4.42. The van der Waals surface area contributed by atoms with E-state index >= 15 is 0 Å². The van der Waals surface area contributed by atoms with Crippen molar-refractivity contribution in [2.24, 2.45) is 0 Å². The lowest BCUT2D eigenvalue weighted by molar-refractivity contribution is -0.142. The van der Waals surface area contributed by atoms with Crippen LogP contribution in [0.1, 0.15) is 21.5 Å². The van der Waals surface area contributed by atoms with Gasteiger partial charge in [0, 0.05) is 18.5 Å². The number of carbonyl (C=O) groups excluding carboxylic acids is 1. The average Bonchev–Trinajstić information content (AvgIpc) is 2.65. The predicted octanol–water partition coefficient (Wildman–Crippen LogP) is 2.36. The maximum absolute atomic E-state index is 13.0. The highest BCUT2D eigenvalue weighted by Crippen LogP contribution is 2.30. The molecule has 1 aliphatic rings. The molecule has 25 heavy (non-hydrogen) atoms. The molecule has 3 rings (SSSR count). The van der Waals surface area contributed by atoms with Gasteiger partial charge in [-0.3, -0.25) is 4.79 Å². The molecule has 0 spiro atoms. The standard InChI is InChI=1S/C19H19NO5/c1-24-16-8-7-13(10-17(16)25-2)18(21)20-11-14-6-4-3-5-12(14)9-15(20)19(22)23/h3-8,10,15H,9,11H2,1-2H3,(H,22,23). The van der Waals surface area contributed by atoms with E-state index in [9.17, 15) is 14.7 Å². The molecule has 1 unspecified atom stereocenters. The van der Waals surface area contributed by atoms with E-state index in [1.807, 2.05) is 24.3 Å². The fourth-order valence-corrected chi connectivity index (χ4v) is 3.09. The van der Waals surface area contributed by atoms with Gasteiger partial charge in [-0.05, 0) is 29.3 Å². The van der Waals surface area contributed by atoms with E-state index < -0.39 is 12.0 Å². The quantitative estimate of drug-likeness (QED) is 0.924. The molecule has 0 fully saturated rings. The van der Waals surface area contributed by atoms with Gasteiger partial charge in [-0.15, -0.1) is 0 Å². The molecule has 1 heterocycles. The van der Waals surface area contributed by atoms with Gasteiger partial charge in [0.25, 0.3) is 5.91 Å². The van der Waals surface area contributed by atoms with Crippen molar-refractivity contribution in [1.82, 2.24) is 4.90 Å². The van der Waals surface area contributed by atoms with Crippen LogP contribution < -0.4 is 9.47 Å². The van der Waals surface area contributed by atoms with E-state index in [0.717, 1.165) is 11.1 Å². The number of carboxylic acids is 1. The van der Waals surface area contributed by atoms with Gasteiger partial charge in [-0.1, -0.05) is 24.3 Å². The summed E-state index contributed by atoms with van der Waals surface area (Å²) in [5.41, 5.74) is 2.29. The van der Waals surface area contributed by atoms with Crippen molar-refractivity contribution in [2.75, 3.05) is 14.2 Å². The van der Waals surface area contributed by atoms with E-state index in [0.29, 0.717) is 23.5 Å². The van der Waals surface area contributed by atoms with Gasteiger partial charge in [0.2, 0.25) is 0 Å². The van der Waals surface area contributed by atoms with E-state index in [1.54, 1.807) is 18.2 Å². The topological polar surface area (TPSA) is 76.1 Å². The highest BCUT2D eigenvalue weighted by Gasteiger charge is 2.35. The molecule has 0 bridgehead atoms. The van der Waals surface area contributed by atoms with Crippen molar-refractivity contribution in [3.63, 3.8) is 0 Å². The van der Waals surface area contributed by atoms with Crippen LogP contribution in [0, 0.1) is 0 Å². The molecule has 0 radical (unpaired) electrons. The average molecular weight is 341 g/mol. The van der Waals surface area contributed by atoms with Crippen LogP contribution in [0.25, 0.3) is 0 Å². The molecule has 6 nitrogen and oxygen atoms in total. The Kier molecular flexibility index (Phi) is 4.61. The van der Waals surface area contributed by atoms with Crippen molar-refractivity contribution in [3.05, 3.63) is 59.2 Å². The minimum atomic E-state index is -1.01. The largest absolute Gasteiger partial charge is 0.493 e. The Labute approximate surface area is 145 Å². The van der Waals surface area contributed by atoms with Gasteiger partial charge in [-0.2, -0.15) is 0 Å². The number of nitrogens with zero attached hydrogens (tertiary/aromatic N) is 1. The highest BCUT2D eigenvalue weighted by atomic mass is 16.5. The number of aliphatic carboxylic acids is 1. The fraction of sp³-hybridized carbons (Fsp3) is 0.263. The van der Waals surface area contributed by atoms with E-state index in [-0.39, 0.29) is 12.5 Å². The van der Waals surface area contributed by atoms with Crippen molar-refractivity contribution < 1.29 is 24.2 Å². The summed E-state index contributed by atoms with van der Waals surface area (Å²) in [5, 5.41) is 9.57. The number of carbonyl (C=O) groups is 2.